The van der Waals surface area contributed by atoms with Crippen LogP contribution in [0.25, 0.3) is 0 Å². The first kappa shape index (κ1) is 110. The van der Waals surface area contributed by atoms with Crippen LogP contribution in [0, 0.1) is 11.8 Å². The molecule has 666 valence electrons. The average molecular weight is 1630 g/mol. The Morgan fingerprint density at radius 1 is 0.259 bits per heavy atom. The van der Waals surface area contributed by atoms with Crippen LogP contribution in [0.15, 0.2) is 0 Å². The lowest BCUT2D eigenvalue weighted by molar-refractivity contribution is -0.161. The number of aliphatic hydroxyl groups is 1. The molecule has 0 saturated heterocycles. The van der Waals surface area contributed by atoms with Crippen LogP contribution < -0.4 is 0 Å². The SMILES string of the molecule is CCCCCCCCCCCCCCCCCCCCCCC(=O)OC[C@H](COP(=O)(O)OC[C@@H](O)COP(=O)(O)OC[C@@H](COC(=O)CCCCCCCCCCC(C)C)OC(=O)CCCCCCCCCCCCCCCCCCCCC)OC(=O)CCCCCCCCCCCCCCCCCCCCC(C)CC. The minimum atomic E-state index is -4.97. The van der Waals surface area contributed by atoms with Crippen molar-refractivity contribution in [3.63, 3.8) is 0 Å². The number of carbonyl (C=O) groups excluding carboxylic acids is 4. The van der Waals surface area contributed by atoms with Gasteiger partial charge in [0.15, 0.2) is 12.2 Å². The van der Waals surface area contributed by atoms with Crippen molar-refractivity contribution in [3.05, 3.63) is 0 Å². The number of aliphatic hydroxyl groups excluding tert-OH is 1. The average Bonchev–Trinajstić information content (AvgIpc) is 0.897. The third-order valence-electron chi connectivity index (χ3n) is 22.3. The molecule has 3 N–H and O–H groups in total. The molecule has 0 heterocycles. The predicted molar refractivity (Wildman–Crippen MR) is 465 cm³/mol. The minimum Gasteiger partial charge on any atom is -0.462 e. The van der Waals surface area contributed by atoms with E-state index in [0.29, 0.717) is 25.7 Å². The van der Waals surface area contributed by atoms with Gasteiger partial charge >= 0.3 is 39.5 Å². The Hall–Kier alpha value is -1.94. The summed E-state index contributed by atoms with van der Waals surface area (Å²) in [6.07, 6.45) is 79.3. The van der Waals surface area contributed by atoms with Crippen LogP contribution >= 0.6 is 15.6 Å². The van der Waals surface area contributed by atoms with Gasteiger partial charge < -0.3 is 33.8 Å². The highest BCUT2D eigenvalue weighted by Gasteiger charge is 2.31. The molecule has 0 aliphatic rings. The van der Waals surface area contributed by atoms with E-state index in [2.05, 4.69) is 41.5 Å². The van der Waals surface area contributed by atoms with E-state index >= 15 is 0 Å². The van der Waals surface area contributed by atoms with E-state index in [0.717, 1.165) is 102 Å². The minimum absolute atomic E-state index is 0.109. The van der Waals surface area contributed by atoms with Crippen LogP contribution in [0.4, 0.5) is 0 Å². The highest BCUT2D eigenvalue weighted by molar-refractivity contribution is 7.47. The van der Waals surface area contributed by atoms with Crippen LogP contribution in [-0.4, -0.2) is 96.7 Å². The molecular weight excluding hydrogens is 1450 g/mol. The molecule has 17 nitrogen and oxygen atoms in total. The van der Waals surface area contributed by atoms with Gasteiger partial charge in [-0.05, 0) is 37.5 Å². The zero-order valence-electron chi connectivity index (χ0n) is 74.0. The maximum Gasteiger partial charge on any atom is 0.472 e. The van der Waals surface area contributed by atoms with Crippen LogP contribution in [-0.2, 0) is 65.4 Å². The number of phosphoric ester groups is 2. The number of esters is 4. The summed E-state index contributed by atoms with van der Waals surface area (Å²) in [6, 6.07) is 0. The molecule has 3 unspecified atom stereocenters. The van der Waals surface area contributed by atoms with E-state index < -0.39 is 97.5 Å². The lowest BCUT2D eigenvalue weighted by Crippen LogP contribution is -2.30. The Bertz CT molecular complexity index is 2130. The van der Waals surface area contributed by atoms with Crippen molar-refractivity contribution < 1.29 is 80.2 Å². The predicted octanol–water partition coefficient (Wildman–Crippen LogP) is 29.0. The maximum absolute atomic E-state index is 13.2. The van der Waals surface area contributed by atoms with E-state index in [1.165, 1.54) is 321 Å². The molecule has 0 amide bonds. The number of unbranched alkanes of at least 4 members (excludes halogenated alkanes) is 61. The van der Waals surface area contributed by atoms with Gasteiger partial charge in [-0.2, -0.15) is 0 Å². The van der Waals surface area contributed by atoms with Gasteiger partial charge in [-0.25, -0.2) is 9.13 Å². The number of hydrogen-bond donors (Lipinski definition) is 3. The molecule has 0 rings (SSSR count). The number of ether oxygens (including phenoxy) is 4. The molecular formula is C93H182O17P2. The van der Waals surface area contributed by atoms with Crippen molar-refractivity contribution in [3.8, 4) is 0 Å². The second kappa shape index (κ2) is 84.1. The normalized spacial score (nSPS) is 13.9. The highest BCUT2D eigenvalue weighted by Crippen LogP contribution is 2.45. The monoisotopic (exact) mass is 1630 g/mol. The molecule has 0 spiro atoms. The first-order valence-corrected chi connectivity index (χ1v) is 51.0. The first-order valence-electron chi connectivity index (χ1n) is 48.0. The van der Waals surface area contributed by atoms with Crippen LogP contribution in [0.1, 0.15) is 504 Å². The molecule has 0 aromatic heterocycles. The lowest BCUT2D eigenvalue weighted by atomic mass is 9.99. The molecule has 0 bridgehead atoms. The van der Waals surface area contributed by atoms with Gasteiger partial charge in [-0.15, -0.1) is 0 Å². The van der Waals surface area contributed by atoms with Gasteiger partial charge in [0.1, 0.15) is 19.3 Å². The molecule has 0 aliphatic heterocycles. The van der Waals surface area contributed by atoms with Gasteiger partial charge in [0.05, 0.1) is 26.4 Å². The standard InChI is InChI=1S/C93H182O17P2/c1-7-10-12-14-16-18-20-22-24-26-28-30-34-38-42-46-50-57-63-69-75-90(95)103-81-88(109-92(97)77-71-66-60-52-48-44-40-36-32-31-33-37-41-45-49-56-62-68-74-86(6)9-3)83-107-111(99,100)105-79-87(94)80-106-112(101,102)108-84-89(82-104-91(96)76-70-64-58-54-53-55-61-67-73-85(4)5)110-93(98)78-72-65-59-51-47-43-39-35-29-27-25-23-21-19-17-15-13-11-8-2/h85-89,94H,7-84H2,1-6H3,(H,99,100)(H,101,102)/t86?,87-,88-,89-/m1/s1. The van der Waals surface area contributed by atoms with Crippen LogP contribution in [0.3, 0.4) is 0 Å². The van der Waals surface area contributed by atoms with Gasteiger partial charge in [0, 0.05) is 25.7 Å². The summed E-state index contributed by atoms with van der Waals surface area (Å²) in [4.78, 5) is 73.5. The molecule has 6 atom stereocenters. The third-order valence-corrected chi connectivity index (χ3v) is 24.2. The molecule has 0 aliphatic carbocycles. The fourth-order valence-electron chi connectivity index (χ4n) is 14.6. The van der Waals surface area contributed by atoms with Gasteiger partial charge in [0.2, 0.25) is 0 Å². The van der Waals surface area contributed by atoms with Gasteiger partial charge in [-0.1, -0.05) is 452 Å². The fourth-order valence-corrected chi connectivity index (χ4v) is 16.2. The van der Waals surface area contributed by atoms with E-state index in [-0.39, 0.29) is 25.7 Å². The van der Waals surface area contributed by atoms with Gasteiger partial charge in [-0.3, -0.25) is 37.3 Å². The summed E-state index contributed by atoms with van der Waals surface area (Å²) in [7, 11) is -9.94. The van der Waals surface area contributed by atoms with E-state index in [4.69, 9.17) is 37.0 Å². The Morgan fingerprint density at radius 3 is 0.679 bits per heavy atom. The summed E-state index contributed by atoms with van der Waals surface area (Å²) in [5.41, 5.74) is 0. The quantitative estimate of drug-likeness (QED) is 0.0222. The summed E-state index contributed by atoms with van der Waals surface area (Å²) in [5.74, 6) is -0.497. The summed E-state index contributed by atoms with van der Waals surface area (Å²) >= 11 is 0. The van der Waals surface area contributed by atoms with Crippen molar-refractivity contribution in [2.24, 2.45) is 11.8 Å². The fraction of sp³-hybridized carbons (Fsp3) is 0.957. The van der Waals surface area contributed by atoms with Crippen molar-refractivity contribution in [1.29, 1.82) is 0 Å². The zero-order chi connectivity index (χ0) is 82.0. The molecule has 0 aromatic rings. The Kier molecular flexibility index (Phi) is 82.6. The van der Waals surface area contributed by atoms with Crippen LogP contribution in [0.2, 0.25) is 0 Å². The molecule has 0 radical (unpaired) electrons. The highest BCUT2D eigenvalue weighted by atomic mass is 31.2. The Balaban J connectivity index is 5.23. The summed E-state index contributed by atoms with van der Waals surface area (Å²) < 4.78 is 69.1. The molecule has 0 aromatic carbocycles. The van der Waals surface area contributed by atoms with Crippen molar-refractivity contribution in [2.75, 3.05) is 39.6 Å². The second-order valence-corrected chi connectivity index (χ2v) is 37.0. The summed E-state index contributed by atoms with van der Waals surface area (Å²) in [6.45, 7) is 9.75. The first-order chi connectivity index (χ1) is 54.4. The maximum atomic E-state index is 13.2. The smallest absolute Gasteiger partial charge is 0.462 e. The molecule has 0 fully saturated rings. The lowest BCUT2D eigenvalue weighted by Gasteiger charge is -2.21. The molecule has 112 heavy (non-hydrogen) atoms. The van der Waals surface area contributed by atoms with Crippen LogP contribution in [0.5, 0.6) is 0 Å². The van der Waals surface area contributed by atoms with Gasteiger partial charge in [0.25, 0.3) is 0 Å². The Morgan fingerprint density at radius 2 is 0.455 bits per heavy atom. The van der Waals surface area contributed by atoms with Crippen molar-refractivity contribution in [2.45, 2.75) is 522 Å². The third kappa shape index (κ3) is 84.5. The Labute approximate surface area is 689 Å². The molecule has 0 saturated carbocycles. The molecule has 19 heteroatoms. The second-order valence-electron chi connectivity index (χ2n) is 34.1. The topological polar surface area (TPSA) is 237 Å². The van der Waals surface area contributed by atoms with E-state index in [1.54, 1.807) is 0 Å². The zero-order valence-corrected chi connectivity index (χ0v) is 75.8. The van der Waals surface area contributed by atoms with E-state index in [1.807, 2.05) is 0 Å². The van der Waals surface area contributed by atoms with E-state index in [9.17, 15) is 43.2 Å². The van der Waals surface area contributed by atoms with Crippen molar-refractivity contribution in [1.82, 2.24) is 0 Å². The van der Waals surface area contributed by atoms with Crippen molar-refractivity contribution >= 4 is 39.5 Å². The summed E-state index contributed by atoms with van der Waals surface area (Å²) in [5, 5.41) is 10.7. The number of carbonyl (C=O) groups is 4. The number of phosphoric acid groups is 2. The largest absolute Gasteiger partial charge is 0.472 e. The number of hydrogen-bond acceptors (Lipinski definition) is 15. The number of rotatable bonds is 92.